The van der Waals surface area contributed by atoms with Crippen molar-refractivity contribution in [3.8, 4) is 0 Å². The van der Waals surface area contributed by atoms with Crippen LogP contribution >= 0.6 is 11.3 Å². The zero-order valence-electron chi connectivity index (χ0n) is 8.46. The zero-order chi connectivity index (χ0) is 9.84. The number of rotatable bonds is 0. The molecule has 3 heteroatoms. The number of thiazole rings is 1. The predicted octanol–water partition coefficient (Wildman–Crippen LogP) is 3.33. The maximum absolute atomic E-state index is 4.30. The third-order valence-corrected chi connectivity index (χ3v) is 2.42. The monoisotopic (exact) mass is 194 g/mol. The molecule has 0 saturated carbocycles. The lowest BCUT2D eigenvalue weighted by Gasteiger charge is -1.87. The Morgan fingerprint density at radius 3 is 2.46 bits per heavy atom. The van der Waals surface area contributed by atoms with Crippen molar-refractivity contribution in [3.05, 3.63) is 22.8 Å². The van der Waals surface area contributed by atoms with Crippen LogP contribution in [0, 0.1) is 13.8 Å². The van der Waals surface area contributed by atoms with Crippen molar-refractivity contribution in [2.45, 2.75) is 27.7 Å². The number of hydrogen-bond acceptors (Lipinski definition) is 3. The summed E-state index contributed by atoms with van der Waals surface area (Å²) in [5.41, 5.74) is 1.91. The van der Waals surface area contributed by atoms with E-state index in [4.69, 9.17) is 0 Å². The Balaban J connectivity index is 0.000000396. The molecule has 0 N–H and O–H groups in total. The van der Waals surface area contributed by atoms with E-state index in [9.17, 15) is 0 Å². The van der Waals surface area contributed by atoms with Gasteiger partial charge in [0.15, 0.2) is 5.65 Å². The van der Waals surface area contributed by atoms with Gasteiger partial charge in [0, 0.05) is 5.69 Å². The minimum absolute atomic E-state index is 0.882. The first kappa shape index (κ1) is 10.1. The largest absolute Gasteiger partial charge is 0.233 e. The fraction of sp³-hybridized carbons (Fsp3) is 0.400. The molecule has 0 fully saturated rings. The van der Waals surface area contributed by atoms with E-state index in [-0.39, 0.29) is 0 Å². The Kier molecular flexibility index (Phi) is 3.37. The summed E-state index contributed by atoms with van der Waals surface area (Å²) < 4.78 is 1.17. The van der Waals surface area contributed by atoms with Crippen LogP contribution in [0.5, 0.6) is 0 Å². The molecule has 2 aromatic rings. The van der Waals surface area contributed by atoms with Crippen molar-refractivity contribution in [1.82, 2.24) is 9.97 Å². The van der Waals surface area contributed by atoms with Gasteiger partial charge >= 0.3 is 0 Å². The molecule has 13 heavy (non-hydrogen) atoms. The molecule has 0 aliphatic rings. The molecule has 0 bridgehead atoms. The summed E-state index contributed by atoms with van der Waals surface area (Å²) in [7, 11) is 0. The van der Waals surface area contributed by atoms with Gasteiger partial charge in [-0.1, -0.05) is 13.8 Å². The maximum atomic E-state index is 4.30. The Morgan fingerprint density at radius 1 is 1.08 bits per heavy atom. The van der Waals surface area contributed by atoms with Gasteiger partial charge in [-0.25, -0.2) is 9.97 Å². The molecule has 70 valence electrons. The molecule has 2 rings (SSSR count). The lowest BCUT2D eigenvalue weighted by molar-refractivity contribution is 1.20. The number of pyridine rings is 1. The Bertz CT molecular complexity index is 393. The molecule has 0 unspecified atom stereocenters. The molecular weight excluding hydrogens is 180 g/mol. The standard InChI is InChI=1S/C8H8N2S.C2H6/c1-5-3-4-7-8(9-5)10-6(2)11-7;1-2/h3-4H,1-2H3;1-2H3. The normalized spacial score (nSPS) is 9.54. The molecule has 0 amide bonds. The van der Waals surface area contributed by atoms with Crippen molar-refractivity contribution in [1.29, 1.82) is 0 Å². The van der Waals surface area contributed by atoms with E-state index in [1.165, 1.54) is 4.70 Å². The van der Waals surface area contributed by atoms with Gasteiger partial charge in [-0.3, -0.25) is 0 Å². The van der Waals surface area contributed by atoms with Crippen molar-refractivity contribution in [2.75, 3.05) is 0 Å². The van der Waals surface area contributed by atoms with Crippen LogP contribution in [-0.4, -0.2) is 9.97 Å². The molecule has 0 atom stereocenters. The summed E-state index contributed by atoms with van der Waals surface area (Å²) in [6.45, 7) is 7.98. The summed E-state index contributed by atoms with van der Waals surface area (Å²) in [5, 5.41) is 1.08. The van der Waals surface area contributed by atoms with Crippen LogP contribution in [0.3, 0.4) is 0 Å². The van der Waals surface area contributed by atoms with Crippen LogP contribution in [0.2, 0.25) is 0 Å². The number of nitrogens with zero attached hydrogens (tertiary/aromatic N) is 2. The molecule has 0 aliphatic carbocycles. The van der Waals surface area contributed by atoms with E-state index in [0.29, 0.717) is 0 Å². The first-order valence-corrected chi connectivity index (χ1v) is 5.28. The van der Waals surface area contributed by atoms with Crippen LogP contribution in [0.1, 0.15) is 24.5 Å². The van der Waals surface area contributed by atoms with E-state index in [1.807, 2.05) is 33.8 Å². The molecule has 0 spiro atoms. The Morgan fingerprint density at radius 2 is 1.77 bits per heavy atom. The van der Waals surface area contributed by atoms with Crippen molar-refractivity contribution < 1.29 is 0 Å². The van der Waals surface area contributed by atoms with E-state index < -0.39 is 0 Å². The number of aromatic nitrogens is 2. The second-order valence-corrected chi connectivity index (χ2v) is 3.74. The van der Waals surface area contributed by atoms with Gasteiger partial charge in [0.1, 0.15) is 0 Å². The SMILES string of the molecule is CC.Cc1ccc2sc(C)nc2n1. The second kappa shape index (κ2) is 4.33. The van der Waals surface area contributed by atoms with Gasteiger partial charge in [0.05, 0.1) is 9.71 Å². The topological polar surface area (TPSA) is 25.8 Å². The van der Waals surface area contributed by atoms with Gasteiger partial charge < -0.3 is 0 Å². The zero-order valence-corrected chi connectivity index (χ0v) is 9.27. The van der Waals surface area contributed by atoms with Crippen molar-refractivity contribution in [2.24, 2.45) is 0 Å². The first-order valence-electron chi connectivity index (χ1n) is 4.46. The highest BCUT2D eigenvalue weighted by molar-refractivity contribution is 7.18. The third-order valence-electron chi connectivity index (χ3n) is 1.50. The molecule has 0 saturated heterocycles. The molecular formula is C10H14N2S. The fourth-order valence-corrected chi connectivity index (χ4v) is 1.79. The van der Waals surface area contributed by atoms with Gasteiger partial charge in [-0.2, -0.15) is 0 Å². The Labute approximate surface area is 82.7 Å². The minimum Gasteiger partial charge on any atom is -0.233 e. The van der Waals surface area contributed by atoms with Crippen LogP contribution in [0.4, 0.5) is 0 Å². The highest BCUT2D eigenvalue weighted by atomic mass is 32.1. The lowest BCUT2D eigenvalue weighted by atomic mass is 10.4. The van der Waals surface area contributed by atoms with E-state index in [1.54, 1.807) is 11.3 Å². The smallest absolute Gasteiger partial charge is 0.170 e. The molecule has 2 aromatic heterocycles. The Hall–Kier alpha value is -0.960. The van der Waals surface area contributed by atoms with Gasteiger partial charge in [0.2, 0.25) is 0 Å². The fourth-order valence-electron chi connectivity index (χ4n) is 1.02. The average Bonchev–Trinajstić information content (AvgIpc) is 2.48. The first-order chi connectivity index (χ1) is 6.25. The van der Waals surface area contributed by atoms with E-state index in [0.717, 1.165) is 16.3 Å². The molecule has 0 aliphatic heterocycles. The van der Waals surface area contributed by atoms with E-state index >= 15 is 0 Å². The average molecular weight is 194 g/mol. The van der Waals surface area contributed by atoms with Crippen LogP contribution in [0.15, 0.2) is 12.1 Å². The molecule has 2 nitrogen and oxygen atoms in total. The number of fused-ring (bicyclic) bond motifs is 1. The molecule has 2 heterocycles. The van der Waals surface area contributed by atoms with Gasteiger partial charge in [-0.05, 0) is 26.0 Å². The van der Waals surface area contributed by atoms with Crippen LogP contribution in [-0.2, 0) is 0 Å². The quantitative estimate of drug-likeness (QED) is 0.643. The highest BCUT2D eigenvalue weighted by Gasteiger charge is 1.99. The molecule has 0 radical (unpaired) electrons. The second-order valence-electron chi connectivity index (χ2n) is 2.51. The van der Waals surface area contributed by atoms with Crippen molar-refractivity contribution >= 4 is 21.7 Å². The van der Waals surface area contributed by atoms with Crippen LogP contribution < -0.4 is 0 Å². The van der Waals surface area contributed by atoms with Crippen LogP contribution in [0.25, 0.3) is 10.3 Å². The van der Waals surface area contributed by atoms with E-state index in [2.05, 4.69) is 16.0 Å². The summed E-state index contributed by atoms with van der Waals surface area (Å²) in [5.74, 6) is 0. The maximum Gasteiger partial charge on any atom is 0.170 e. The highest BCUT2D eigenvalue weighted by Crippen LogP contribution is 2.19. The number of hydrogen-bond donors (Lipinski definition) is 0. The predicted molar refractivity (Wildman–Crippen MR) is 58.2 cm³/mol. The van der Waals surface area contributed by atoms with Crippen molar-refractivity contribution in [3.63, 3.8) is 0 Å². The summed E-state index contributed by atoms with van der Waals surface area (Å²) in [6, 6.07) is 4.09. The molecule has 0 aromatic carbocycles. The summed E-state index contributed by atoms with van der Waals surface area (Å²) >= 11 is 1.69. The summed E-state index contributed by atoms with van der Waals surface area (Å²) in [4.78, 5) is 8.58. The lowest BCUT2D eigenvalue weighted by Crippen LogP contribution is -1.79. The van der Waals surface area contributed by atoms with Gasteiger partial charge in [0.25, 0.3) is 0 Å². The minimum atomic E-state index is 0.882. The third kappa shape index (κ3) is 2.25. The summed E-state index contributed by atoms with van der Waals surface area (Å²) in [6.07, 6.45) is 0. The van der Waals surface area contributed by atoms with Gasteiger partial charge in [-0.15, -0.1) is 11.3 Å². The number of aryl methyl sites for hydroxylation is 2.